The fourth-order valence-corrected chi connectivity index (χ4v) is 7.76. The molecule has 238 valence electrons. The van der Waals surface area contributed by atoms with Crippen LogP contribution >= 0.6 is 0 Å². The molecule has 10 heteroatoms. The van der Waals surface area contributed by atoms with E-state index in [1.807, 2.05) is 9.36 Å². The molecule has 10 nitrogen and oxygen atoms in total. The highest BCUT2D eigenvalue weighted by molar-refractivity contribution is 5.87. The maximum atomic E-state index is 4.66. The number of likely N-dealkylation sites (N-methyl/N-ethyl adjacent to an activating group) is 2. The van der Waals surface area contributed by atoms with E-state index in [0.29, 0.717) is 6.54 Å². The standard InChI is InChI=1S/C36H44N10/c1-6-28(46-20-27(38-40-46)19-45-34-10-8-25(3)16-30(34)32-23-42(5)14-12-36(32)45)21-43-17-26(37-39-43)18-44-33-9-7-24(2)15-29(33)31-22-41(4)13-11-35(31)44/h7-10,15-17,20,28H,6,11-14,18-19,21-23H2,1-5H3. The van der Waals surface area contributed by atoms with Crippen LogP contribution in [0.4, 0.5) is 0 Å². The first kappa shape index (κ1) is 29.1. The molecule has 2 aromatic carbocycles. The summed E-state index contributed by atoms with van der Waals surface area (Å²) in [5.41, 5.74) is 13.0. The van der Waals surface area contributed by atoms with Crippen LogP contribution in [0.1, 0.15) is 64.4 Å². The summed E-state index contributed by atoms with van der Waals surface area (Å²) in [5, 5.41) is 21.2. The van der Waals surface area contributed by atoms with Gasteiger partial charge in [-0.1, -0.05) is 40.6 Å². The number of aryl methyl sites for hydroxylation is 2. The van der Waals surface area contributed by atoms with Crippen LogP contribution in [-0.2, 0) is 45.6 Å². The fraction of sp³-hybridized carbons (Fsp3) is 0.444. The molecule has 0 aliphatic carbocycles. The van der Waals surface area contributed by atoms with E-state index in [0.717, 1.165) is 69.9 Å². The van der Waals surface area contributed by atoms with E-state index in [-0.39, 0.29) is 6.04 Å². The van der Waals surface area contributed by atoms with Crippen LogP contribution in [0.3, 0.4) is 0 Å². The first-order valence-corrected chi connectivity index (χ1v) is 16.7. The van der Waals surface area contributed by atoms with Crippen molar-refractivity contribution in [3.05, 3.63) is 93.8 Å². The number of benzene rings is 2. The molecule has 0 spiro atoms. The Kier molecular flexibility index (Phi) is 7.29. The van der Waals surface area contributed by atoms with Crippen LogP contribution in [0.5, 0.6) is 0 Å². The van der Waals surface area contributed by atoms with Gasteiger partial charge in [-0.3, -0.25) is 4.68 Å². The molecule has 46 heavy (non-hydrogen) atoms. The number of fused-ring (bicyclic) bond motifs is 6. The Labute approximate surface area is 270 Å². The molecule has 6 aromatic rings. The smallest absolute Gasteiger partial charge is 0.102 e. The molecule has 0 saturated heterocycles. The normalized spacial score (nSPS) is 16.4. The van der Waals surface area contributed by atoms with Crippen LogP contribution < -0.4 is 0 Å². The zero-order chi connectivity index (χ0) is 31.5. The highest BCUT2D eigenvalue weighted by Gasteiger charge is 2.25. The topological polar surface area (TPSA) is 77.8 Å². The summed E-state index contributed by atoms with van der Waals surface area (Å²) < 4.78 is 8.95. The Morgan fingerprint density at radius 1 is 0.717 bits per heavy atom. The van der Waals surface area contributed by atoms with Crippen molar-refractivity contribution in [3.8, 4) is 0 Å². The maximum absolute atomic E-state index is 4.66. The van der Waals surface area contributed by atoms with Gasteiger partial charge in [-0.2, -0.15) is 0 Å². The van der Waals surface area contributed by atoms with E-state index >= 15 is 0 Å². The van der Waals surface area contributed by atoms with Crippen LogP contribution in [0.2, 0.25) is 0 Å². The third kappa shape index (κ3) is 5.13. The number of nitrogens with zero attached hydrogens (tertiary/aromatic N) is 10. The molecule has 4 aromatic heterocycles. The number of hydrogen-bond donors (Lipinski definition) is 0. The van der Waals surface area contributed by atoms with E-state index in [4.69, 9.17) is 0 Å². The SMILES string of the molecule is CCC(Cn1cc(Cn2c3c(c4cc(C)ccc42)CN(C)CC3)nn1)n1cc(Cn2c3c(c4cc(C)ccc42)CN(C)CC3)nn1. The summed E-state index contributed by atoms with van der Waals surface area (Å²) in [5.74, 6) is 0. The van der Waals surface area contributed by atoms with Gasteiger partial charge in [0, 0.05) is 72.2 Å². The molecule has 0 saturated carbocycles. The lowest BCUT2D eigenvalue weighted by molar-refractivity contribution is 0.310. The first-order chi connectivity index (χ1) is 22.3. The fourth-order valence-electron chi connectivity index (χ4n) is 7.76. The molecule has 2 aliphatic rings. The molecule has 0 N–H and O–H groups in total. The molecule has 2 aliphatic heterocycles. The van der Waals surface area contributed by atoms with Crippen molar-refractivity contribution in [1.29, 1.82) is 0 Å². The minimum absolute atomic E-state index is 0.140. The molecule has 8 rings (SSSR count). The van der Waals surface area contributed by atoms with Crippen LogP contribution in [0.25, 0.3) is 21.8 Å². The first-order valence-electron chi connectivity index (χ1n) is 16.7. The summed E-state index contributed by atoms with van der Waals surface area (Å²) in [6.07, 6.45) is 7.27. The molecule has 0 amide bonds. The summed E-state index contributed by atoms with van der Waals surface area (Å²) in [6, 6.07) is 13.8. The summed E-state index contributed by atoms with van der Waals surface area (Å²) in [4.78, 5) is 4.83. The van der Waals surface area contributed by atoms with Crippen LogP contribution in [0, 0.1) is 13.8 Å². The van der Waals surface area contributed by atoms with Crippen LogP contribution in [0.15, 0.2) is 48.8 Å². The van der Waals surface area contributed by atoms with Gasteiger partial charge in [0.15, 0.2) is 0 Å². The molecular weight excluding hydrogens is 572 g/mol. The minimum atomic E-state index is 0.140. The zero-order valence-corrected chi connectivity index (χ0v) is 27.7. The molecule has 1 unspecified atom stereocenters. The number of hydrogen-bond acceptors (Lipinski definition) is 6. The largest absolute Gasteiger partial charge is 0.338 e. The van der Waals surface area contributed by atoms with Crippen LogP contribution in [-0.4, -0.2) is 76.1 Å². The van der Waals surface area contributed by atoms with Crippen molar-refractivity contribution in [2.24, 2.45) is 0 Å². The number of aromatic nitrogens is 8. The third-order valence-corrected chi connectivity index (χ3v) is 10.2. The van der Waals surface area contributed by atoms with Crippen molar-refractivity contribution in [1.82, 2.24) is 48.9 Å². The summed E-state index contributed by atoms with van der Waals surface area (Å²) >= 11 is 0. The average molecular weight is 617 g/mol. The van der Waals surface area contributed by atoms with Gasteiger partial charge >= 0.3 is 0 Å². The maximum Gasteiger partial charge on any atom is 0.102 e. The van der Waals surface area contributed by atoms with Gasteiger partial charge in [0.05, 0.1) is 38.1 Å². The average Bonchev–Trinajstić information content (AvgIpc) is 3.82. The molecule has 0 radical (unpaired) electrons. The Bertz CT molecular complexity index is 2060. The molecule has 6 heterocycles. The molecule has 0 fully saturated rings. The Morgan fingerprint density at radius 2 is 1.26 bits per heavy atom. The summed E-state index contributed by atoms with van der Waals surface area (Å²) in [7, 11) is 4.43. The Morgan fingerprint density at radius 3 is 1.83 bits per heavy atom. The summed E-state index contributed by atoms with van der Waals surface area (Å²) in [6.45, 7) is 12.9. The van der Waals surface area contributed by atoms with Crippen molar-refractivity contribution >= 4 is 21.8 Å². The molecule has 0 bridgehead atoms. The lowest BCUT2D eigenvalue weighted by Gasteiger charge is -2.24. The number of rotatable bonds is 8. The van der Waals surface area contributed by atoms with Crippen molar-refractivity contribution in [2.75, 3.05) is 27.2 Å². The Balaban J connectivity index is 1.02. The highest BCUT2D eigenvalue weighted by Crippen LogP contribution is 2.33. The lowest BCUT2D eigenvalue weighted by atomic mass is 10.0. The van der Waals surface area contributed by atoms with E-state index in [1.165, 1.54) is 55.4 Å². The van der Waals surface area contributed by atoms with Crippen molar-refractivity contribution < 1.29 is 0 Å². The van der Waals surface area contributed by atoms with Crippen molar-refractivity contribution in [2.45, 2.75) is 78.8 Å². The lowest BCUT2D eigenvalue weighted by Crippen LogP contribution is -2.27. The Hall–Kier alpha value is -4.28. The predicted molar refractivity (Wildman–Crippen MR) is 181 cm³/mol. The van der Waals surface area contributed by atoms with Gasteiger partial charge in [-0.05, 0) is 69.8 Å². The third-order valence-electron chi connectivity index (χ3n) is 10.2. The van der Waals surface area contributed by atoms with Gasteiger partial charge in [0.25, 0.3) is 0 Å². The predicted octanol–water partition coefficient (Wildman–Crippen LogP) is 5.12. The quantitative estimate of drug-likeness (QED) is 0.236. The monoisotopic (exact) mass is 616 g/mol. The minimum Gasteiger partial charge on any atom is -0.338 e. The van der Waals surface area contributed by atoms with Gasteiger partial charge in [0.2, 0.25) is 0 Å². The second-order valence-corrected chi connectivity index (χ2v) is 13.7. The van der Waals surface area contributed by atoms with Gasteiger partial charge in [0.1, 0.15) is 11.4 Å². The van der Waals surface area contributed by atoms with Gasteiger partial charge in [-0.15, -0.1) is 10.2 Å². The molecule has 1 atom stereocenters. The van der Waals surface area contributed by atoms with Gasteiger partial charge < -0.3 is 18.9 Å². The van der Waals surface area contributed by atoms with Crippen molar-refractivity contribution in [3.63, 3.8) is 0 Å². The van der Waals surface area contributed by atoms with Gasteiger partial charge in [-0.25, -0.2) is 4.68 Å². The second kappa shape index (κ2) is 11.5. The highest BCUT2D eigenvalue weighted by atomic mass is 15.5. The zero-order valence-electron chi connectivity index (χ0n) is 27.7. The second-order valence-electron chi connectivity index (χ2n) is 13.7. The van der Waals surface area contributed by atoms with E-state index in [2.05, 4.69) is 123 Å². The van der Waals surface area contributed by atoms with E-state index in [9.17, 15) is 0 Å². The van der Waals surface area contributed by atoms with E-state index < -0.39 is 0 Å². The van der Waals surface area contributed by atoms with E-state index in [1.54, 1.807) is 0 Å². The molecular formula is C36H44N10.